The maximum atomic E-state index is 12.4. The van der Waals surface area contributed by atoms with Crippen molar-refractivity contribution in [3.8, 4) is 0 Å². The number of fused-ring (bicyclic) bond motifs is 1. The van der Waals surface area contributed by atoms with E-state index in [1.165, 1.54) is 4.88 Å². The lowest BCUT2D eigenvalue weighted by molar-refractivity contribution is -0.119. The average Bonchev–Trinajstić information content (AvgIpc) is 2.99. The molecule has 0 aliphatic heterocycles. The first-order chi connectivity index (χ1) is 12.0. The van der Waals surface area contributed by atoms with Crippen LogP contribution in [-0.4, -0.2) is 18.5 Å². The Balaban J connectivity index is 1.60. The van der Waals surface area contributed by atoms with E-state index in [1.807, 2.05) is 37.4 Å². The molecule has 0 radical (unpaired) electrons. The number of carbonyl (C=O) groups excluding carboxylic acids is 2. The van der Waals surface area contributed by atoms with Gasteiger partial charge in [-0.2, -0.15) is 0 Å². The summed E-state index contributed by atoms with van der Waals surface area (Å²) in [6, 6.07) is 5.82. The highest BCUT2D eigenvalue weighted by Crippen LogP contribution is 2.33. The lowest BCUT2D eigenvalue weighted by atomic mass is 9.88. The molecule has 0 saturated carbocycles. The third-order valence-corrected chi connectivity index (χ3v) is 5.75. The summed E-state index contributed by atoms with van der Waals surface area (Å²) in [7, 11) is 0. The number of benzene rings is 1. The molecule has 1 aromatic carbocycles. The van der Waals surface area contributed by atoms with Gasteiger partial charge in [0.15, 0.2) is 6.61 Å². The number of aryl methyl sites for hydroxylation is 2. The molecule has 1 N–H and O–H groups in total. The van der Waals surface area contributed by atoms with Crippen molar-refractivity contribution in [2.24, 2.45) is 5.92 Å². The fourth-order valence-electron chi connectivity index (χ4n) is 3.24. The van der Waals surface area contributed by atoms with Crippen LogP contribution in [0, 0.1) is 19.8 Å². The van der Waals surface area contributed by atoms with Crippen molar-refractivity contribution >= 4 is 28.9 Å². The van der Waals surface area contributed by atoms with Gasteiger partial charge in [-0.25, -0.2) is 4.79 Å². The Kier molecular flexibility index (Phi) is 5.23. The van der Waals surface area contributed by atoms with Gasteiger partial charge in [-0.3, -0.25) is 4.79 Å². The van der Waals surface area contributed by atoms with Gasteiger partial charge in [0.05, 0.1) is 5.56 Å². The van der Waals surface area contributed by atoms with Gasteiger partial charge in [0.1, 0.15) is 0 Å². The third-order valence-electron chi connectivity index (χ3n) is 4.70. The van der Waals surface area contributed by atoms with Crippen LogP contribution < -0.4 is 5.32 Å². The number of anilines is 1. The second kappa shape index (κ2) is 7.40. The fourth-order valence-corrected chi connectivity index (χ4v) is 4.48. The normalized spacial score (nSPS) is 16.2. The highest BCUT2D eigenvalue weighted by atomic mass is 32.1. The van der Waals surface area contributed by atoms with Gasteiger partial charge in [-0.15, -0.1) is 11.3 Å². The number of carbonyl (C=O) groups is 2. The van der Waals surface area contributed by atoms with E-state index in [2.05, 4.69) is 12.2 Å². The molecule has 0 spiro atoms. The predicted molar refractivity (Wildman–Crippen MR) is 100 cm³/mol. The van der Waals surface area contributed by atoms with E-state index < -0.39 is 5.97 Å². The summed E-state index contributed by atoms with van der Waals surface area (Å²) in [5.41, 5.74) is 4.50. The van der Waals surface area contributed by atoms with Crippen LogP contribution in [0.2, 0.25) is 0 Å². The number of hydrogen-bond acceptors (Lipinski definition) is 4. The lowest BCUT2D eigenvalue weighted by Gasteiger charge is -2.18. The number of hydrogen-bond donors (Lipinski definition) is 1. The van der Waals surface area contributed by atoms with Crippen LogP contribution in [0.3, 0.4) is 0 Å². The van der Waals surface area contributed by atoms with Gasteiger partial charge in [0.25, 0.3) is 5.91 Å². The SMILES string of the molecule is Cc1cccc(C)c1NC(=O)COC(=O)c1csc2c1CCC(C)C2. The molecule has 1 unspecified atom stereocenters. The fraction of sp³-hybridized carbons (Fsp3) is 0.400. The zero-order valence-electron chi connectivity index (χ0n) is 14.8. The van der Waals surface area contributed by atoms with Crippen LogP contribution in [-0.2, 0) is 22.4 Å². The summed E-state index contributed by atoms with van der Waals surface area (Å²) < 4.78 is 5.25. The van der Waals surface area contributed by atoms with Crippen molar-refractivity contribution in [2.45, 2.75) is 40.0 Å². The predicted octanol–water partition coefficient (Wildman–Crippen LogP) is 4.29. The van der Waals surface area contributed by atoms with Gasteiger partial charge >= 0.3 is 5.97 Å². The van der Waals surface area contributed by atoms with Crippen molar-refractivity contribution in [2.75, 3.05) is 11.9 Å². The van der Waals surface area contributed by atoms with Gasteiger partial charge in [-0.05, 0) is 55.7 Å². The zero-order valence-corrected chi connectivity index (χ0v) is 15.7. The van der Waals surface area contributed by atoms with Crippen molar-refractivity contribution < 1.29 is 14.3 Å². The summed E-state index contributed by atoms with van der Waals surface area (Å²) in [6.07, 6.45) is 3.04. The maximum Gasteiger partial charge on any atom is 0.339 e. The summed E-state index contributed by atoms with van der Waals surface area (Å²) >= 11 is 1.62. The Morgan fingerprint density at radius 1 is 1.28 bits per heavy atom. The highest BCUT2D eigenvalue weighted by molar-refractivity contribution is 7.10. The van der Waals surface area contributed by atoms with Crippen LogP contribution in [0.15, 0.2) is 23.6 Å². The molecule has 1 aromatic heterocycles. The molecule has 1 amide bonds. The van der Waals surface area contributed by atoms with Crippen LogP contribution in [0.25, 0.3) is 0 Å². The minimum atomic E-state index is -0.399. The first kappa shape index (κ1) is 17.7. The summed E-state index contributed by atoms with van der Waals surface area (Å²) in [5.74, 6) is -0.0506. The second-order valence-electron chi connectivity index (χ2n) is 6.79. The molecule has 1 aliphatic rings. The van der Waals surface area contributed by atoms with Gasteiger partial charge in [-0.1, -0.05) is 25.1 Å². The van der Waals surface area contributed by atoms with Crippen LogP contribution in [0.1, 0.15) is 45.3 Å². The maximum absolute atomic E-state index is 12.4. The molecule has 4 nitrogen and oxygen atoms in total. The molecule has 132 valence electrons. The Bertz CT molecular complexity index is 789. The third kappa shape index (κ3) is 3.93. The number of rotatable bonds is 4. The Morgan fingerprint density at radius 2 is 2.00 bits per heavy atom. The Morgan fingerprint density at radius 3 is 2.72 bits per heavy atom. The van der Waals surface area contributed by atoms with Gasteiger partial charge in [0, 0.05) is 15.9 Å². The van der Waals surface area contributed by atoms with Gasteiger partial charge in [0.2, 0.25) is 0 Å². The Labute approximate surface area is 152 Å². The summed E-state index contributed by atoms with van der Waals surface area (Å²) in [5, 5.41) is 4.70. The number of amides is 1. The van der Waals surface area contributed by atoms with E-state index in [1.54, 1.807) is 11.3 Å². The number of ether oxygens (including phenoxy) is 1. The summed E-state index contributed by atoms with van der Waals surface area (Å²) in [4.78, 5) is 25.8. The molecule has 25 heavy (non-hydrogen) atoms. The minimum Gasteiger partial charge on any atom is -0.452 e. The molecule has 2 aromatic rings. The largest absolute Gasteiger partial charge is 0.452 e. The molecule has 1 aliphatic carbocycles. The number of nitrogens with one attached hydrogen (secondary N) is 1. The smallest absolute Gasteiger partial charge is 0.339 e. The quantitative estimate of drug-likeness (QED) is 0.831. The average molecular weight is 357 g/mol. The topological polar surface area (TPSA) is 55.4 Å². The monoisotopic (exact) mass is 357 g/mol. The number of esters is 1. The van der Waals surface area contributed by atoms with E-state index in [4.69, 9.17) is 4.74 Å². The van der Waals surface area contributed by atoms with Crippen LogP contribution >= 0.6 is 11.3 Å². The Hall–Kier alpha value is -2.14. The molecular formula is C20H23NO3S. The van der Waals surface area contributed by atoms with E-state index in [9.17, 15) is 9.59 Å². The molecule has 1 atom stereocenters. The molecule has 0 bridgehead atoms. The van der Waals surface area contributed by atoms with Crippen LogP contribution in [0.5, 0.6) is 0 Å². The number of para-hydroxylation sites is 1. The molecule has 0 fully saturated rings. The van der Waals surface area contributed by atoms with Gasteiger partial charge < -0.3 is 10.1 Å². The molecule has 3 rings (SSSR count). The summed E-state index contributed by atoms with van der Waals surface area (Å²) in [6.45, 7) is 5.84. The van der Waals surface area contributed by atoms with Crippen molar-refractivity contribution in [1.82, 2.24) is 0 Å². The van der Waals surface area contributed by atoms with Crippen LogP contribution in [0.4, 0.5) is 5.69 Å². The van der Waals surface area contributed by atoms with Crippen molar-refractivity contribution in [3.63, 3.8) is 0 Å². The molecule has 0 saturated heterocycles. The second-order valence-corrected chi connectivity index (χ2v) is 7.75. The van der Waals surface area contributed by atoms with Crippen molar-refractivity contribution in [1.29, 1.82) is 0 Å². The highest BCUT2D eigenvalue weighted by Gasteiger charge is 2.24. The first-order valence-corrected chi connectivity index (χ1v) is 9.46. The molecule has 1 heterocycles. The molecule has 5 heteroatoms. The molecular weight excluding hydrogens is 334 g/mol. The van der Waals surface area contributed by atoms with Crippen molar-refractivity contribution in [3.05, 3.63) is 50.7 Å². The zero-order chi connectivity index (χ0) is 18.0. The number of thiophene rings is 1. The first-order valence-electron chi connectivity index (χ1n) is 8.58. The van der Waals surface area contributed by atoms with E-state index in [0.29, 0.717) is 11.5 Å². The van der Waals surface area contributed by atoms with E-state index >= 15 is 0 Å². The van der Waals surface area contributed by atoms with E-state index in [-0.39, 0.29) is 12.5 Å². The minimum absolute atomic E-state index is 0.270. The standard InChI is InChI=1S/C20H23NO3S/c1-12-7-8-15-16(11-25-17(15)9-12)20(23)24-10-18(22)21-19-13(2)5-4-6-14(19)3/h4-6,11-12H,7-10H2,1-3H3,(H,21,22). The van der Waals surface area contributed by atoms with E-state index in [0.717, 1.165) is 41.6 Å². The lowest BCUT2D eigenvalue weighted by Crippen LogP contribution is -2.22.